The van der Waals surface area contributed by atoms with Crippen molar-refractivity contribution in [2.24, 2.45) is 0 Å². The predicted octanol–water partition coefficient (Wildman–Crippen LogP) is 0.349. The largest absolute Gasteiger partial charge is 0.358 e. The van der Waals surface area contributed by atoms with E-state index in [1.54, 1.807) is 14.0 Å². The van der Waals surface area contributed by atoms with Crippen LogP contribution >= 0.6 is 0 Å². The van der Waals surface area contributed by atoms with E-state index in [-0.39, 0.29) is 18.4 Å². The molecule has 5 heteroatoms. The zero-order chi connectivity index (χ0) is 12.7. The Labute approximate surface area is 101 Å². The van der Waals surface area contributed by atoms with Crippen molar-refractivity contribution in [3.63, 3.8) is 0 Å². The van der Waals surface area contributed by atoms with Crippen LogP contribution in [0.25, 0.3) is 0 Å². The molecule has 0 aliphatic heterocycles. The summed E-state index contributed by atoms with van der Waals surface area (Å²) >= 11 is 0. The van der Waals surface area contributed by atoms with Crippen molar-refractivity contribution in [2.75, 3.05) is 18.9 Å². The quantitative estimate of drug-likeness (QED) is 0.689. The molecule has 0 spiro atoms. The highest BCUT2D eigenvalue weighted by molar-refractivity contribution is 5.94. The van der Waals surface area contributed by atoms with E-state index in [9.17, 15) is 9.59 Å². The summed E-state index contributed by atoms with van der Waals surface area (Å²) in [7, 11) is 1.55. The molecule has 1 aromatic carbocycles. The van der Waals surface area contributed by atoms with Crippen molar-refractivity contribution >= 4 is 17.5 Å². The third-order valence-electron chi connectivity index (χ3n) is 2.28. The number of benzene rings is 1. The Hall–Kier alpha value is -1.88. The van der Waals surface area contributed by atoms with Crippen molar-refractivity contribution in [3.8, 4) is 0 Å². The summed E-state index contributed by atoms with van der Waals surface area (Å²) in [5, 5.41) is 8.06. The minimum Gasteiger partial charge on any atom is -0.358 e. The second-order valence-corrected chi connectivity index (χ2v) is 3.63. The van der Waals surface area contributed by atoms with Gasteiger partial charge in [0.2, 0.25) is 11.8 Å². The molecule has 17 heavy (non-hydrogen) atoms. The van der Waals surface area contributed by atoms with Crippen molar-refractivity contribution in [2.45, 2.75) is 13.0 Å². The van der Waals surface area contributed by atoms with Crippen LogP contribution in [0.1, 0.15) is 6.92 Å². The van der Waals surface area contributed by atoms with E-state index in [0.717, 1.165) is 5.69 Å². The Morgan fingerprint density at radius 2 is 1.88 bits per heavy atom. The van der Waals surface area contributed by atoms with Gasteiger partial charge in [0.15, 0.2) is 0 Å². The number of nitrogens with one attached hydrogen (secondary N) is 3. The van der Waals surface area contributed by atoms with Gasteiger partial charge in [0.25, 0.3) is 0 Å². The fraction of sp³-hybridized carbons (Fsp3) is 0.333. The molecule has 92 valence electrons. The lowest BCUT2D eigenvalue weighted by Gasteiger charge is -2.13. The normalized spacial score (nSPS) is 11.6. The molecule has 0 aromatic heterocycles. The SMILES string of the molecule is CNC(=O)CNC(C)C(=O)Nc1ccccc1. The highest BCUT2D eigenvalue weighted by atomic mass is 16.2. The smallest absolute Gasteiger partial charge is 0.241 e. The van der Waals surface area contributed by atoms with Gasteiger partial charge in [-0.2, -0.15) is 0 Å². The fourth-order valence-electron chi connectivity index (χ4n) is 1.20. The summed E-state index contributed by atoms with van der Waals surface area (Å²) in [6.07, 6.45) is 0. The maximum absolute atomic E-state index is 11.7. The molecule has 0 aliphatic rings. The summed E-state index contributed by atoms with van der Waals surface area (Å²) in [4.78, 5) is 22.7. The Bertz CT molecular complexity index is 379. The maximum Gasteiger partial charge on any atom is 0.241 e. The molecule has 0 saturated carbocycles. The topological polar surface area (TPSA) is 70.2 Å². The van der Waals surface area contributed by atoms with Crippen molar-refractivity contribution < 1.29 is 9.59 Å². The molecular formula is C12H17N3O2. The Morgan fingerprint density at radius 1 is 1.24 bits per heavy atom. The number of para-hydroxylation sites is 1. The van der Waals surface area contributed by atoms with E-state index in [0.29, 0.717) is 0 Å². The third-order valence-corrected chi connectivity index (χ3v) is 2.28. The summed E-state index contributed by atoms with van der Waals surface area (Å²) in [6.45, 7) is 1.83. The van der Waals surface area contributed by atoms with E-state index in [1.807, 2.05) is 30.3 Å². The van der Waals surface area contributed by atoms with Gasteiger partial charge in [-0.25, -0.2) is 0 Å². The van der Waals surface area contributed by atoms with Gasteiger partial charge in [0.1, 0.15) is 0 Å². The van der Waals surface area contributed by atoms with Crippen LogP contribution in [0.15, 0.2) is 30.3 Å². The molecule has 3 N–H and O–H groups in total. The van der Waals surface area contributed by atoms with Crippen LogP contribution in [0.4, 0.5) is 5.69 Å². The molecule has 2 amide bonds. The summed E-state index contributed by atoms with van der Waals surface area (Å²) in [5.74, 6) is -0.315. The zero-order valence-electron chi connectivity index (χ0n) is 9.99. The number of rotatable bonds is 5. The molecule has 0 fully saturated rings. The van der Waals surface area contributed by atoms with E-state index < -0.39 is 6.04 Å². The summed E-state index contributed by atoms with van der Waals surface area (Å²) < 4.78 is 0. The monoisotopic (exact) mass is 235 g/mol. The predicted molar refractivity (Wildman–Crippen MR) is 66.6 cm³/mol. The molecule has 0 heterocycles. The number of likely N-dealkylation sites (N-methyl/N-ethyl adjacent to an activating group) is 1. The minimum atomic E-state index is -0.424. The maximum atomic E-state index is 11.7. The molecule has 0 radical (unpaired) electrons. The van der Waals surface area contributed by atoms with Gasteiger partial charge in [-0.05, 0) is 19.1 Å². The van der Waals surface area contributed by atoms with Gasteiger partial charge in [0.05, 0.1) is 12.6 Å². The first-order chi connectivity index (χ1) is 8.13. The molecular weight excluding hydrogens is 218 g/mol. The number of carbonyl (C=O) groups is 2. The molecule has 1 atom stereocenters. The van der Waals surface area contributed by atoms with E-state index in [2.05, 4.69) is 16.0 Å². The van der Waals surface area contributed by atoms with Gasteiger partial charge >= 0.3 is 0 Å². The highest BCUT2D eigenvalue weighted by Gasteiger charge is 2.13. The number of amides is 2. The van der Waals surface area contributed by atoms with E-state index in [1.165, 1.54) is 0 Å². The molecule has 5 nitrogen and oxygen atoms in total. The van der Waals surface area contributed by atoms with Crippen LogP contribution < -0.4 is 16.0 Å². The first kappa shape index (κ1) is 13.2. The van der Waals surface area contributed by atoms with Gasteiger partial charge in [-0.1, -0.05) is 18.2 Å². The average Bonchev–Trinajstić information content (AvgIpc) is 2.36. The fourth-order valence-corrected chi connectivity index (χ4v) is 1.20. The molecule has 1 unspecified atom stereocenters. The van der Waals surface area contributed by atoms with Crippen LogP contribution in [0.5, 0.6) is 0 Å². The van der Waals surface area contributed by atoms with Crippen molar-refractivity contribution in [1.82, 2.24) is 10.6 Å². The number of hydrogen-bond donors (Lipinski definition) is 3. The molecule has 1 rings (SSSR count). The summed E-state index contributed by atoms with van der Waals surface area (Å²) in [5.41, 5.74) is 0.742. The van der Waals surface area contributed by atoms with Crippen LogP contribution in [0, 0.1) is 0 Å². The van der Waals surface area contributed by atoms with Gasteiger partial charge in [-0.15, -0.1) is 0 Å². The first-order valence-corrected chi connectivity index (χ1v) is 5.43. The first-order valence-electron chi connectivity index (χ1n) is 5.43. The minimum absolute atomic E-state index is 0.125. The lowest BCUT2D eigenvalue weighted by molar-refractivity contribution is -0.120. The van der Waals surface area contributed by atoms with Crippen molar-refractivity contribution in [3.05, 3.63) is 30.3 Å². The van der Waals surface area contributed by atoms with Crippen LogP contribution in [0.2, 0.25) is 0 Å². The molecule has 0 saturated heterocycles. The second kappa shape index (κ2) is 6.65. The molecule has 0 aliphatic carbocycles. The van der Waals surface area contributed by atoms with Crippen LogP contribution in [-0.4, -0.2) is 31.4 Å². The standard InChI is InChI=1S/C12H17N3O2/c1-9(14-8-11(16)13-2)12(17)15-10-6-4-3-5-7-10/h3-7,9,14H,8H2,1-2H3,(H,13,16)(H,15,17). The summed E-state index contributed by atoms with van der Waals surface area (Å²) in [6, 6.07) is 8.76. The molecule has 0 bridgehead atoms. The Balaban J connectivity index is 2.40. The highest BCUT2D eigenvalue weighted by Crippen LogP contribution is 2.05. The van der Waals surface area contributed by atoms with E-state index >= 15 is 0 Å². The number of hydrogen-bond acceptors (Lipinski definition) is 3. The third kappa shape index (κ3) is 4.65. The van der Waals surface area contributed by atoms with Gasteiger partial charge in [-0.3, -0.25) is 14.9 Å². The van der Waals surface area contributed by atoms with E-state index in [4.69, 9.17) is 0 Å². The Morgan fingerprint density at radius 3 is 2.47 bits per heavy atom. The average molecular weight is 235 g/mol. The number of carbonyl (C=O) groups excluding carboxylic acids is 2. The second-order valence-electron chi connectivity index (χ2n) is 3.63. The Kier molecular flexibility index (Phi) is 5.16. The number of anilines is 1. The molecule has 1 aromatic rings. The zero-order valence-corrected chi connectivity index (χ0v) is 9.99. The van der Waals surface area contributed by atoms with Gasteiger partial charge < -0.3 is 10.6 Å². The lowest BCUT2D eigenvalue weighted by atomic mass is 10.2. The lowest BCUT2D eigenvalue weighted by Crippen LogP contribution is -2.42. The van der Waals surface area contributed by atoms with Crippen molar-refractivity contribution in [1.29, 1.82) is 0 Å². The van der Waals surface area contributed by atoms with Gasteiger partial charge in [0, 0.05) is 12.7 Å². The van der Waals surface area contributed by atoms with Crippen LogP contribution in [0.3, 0.4) is 0 Å². The van der Waals surface area contributed by atoms with Crippen LogP contribution in [-0.2, 0) is 9.59 Å².